The SMILES string of the molecule is COC(=O)[C@@H]1C[C@H](C#N)[C@H](c2ccccc2F)N1C. The lowest BCUT2D eigenvalue weighted by Crippen LogP contribution is -2.35. The Morgan fingerprint density at radius 1 is 1.53 bits per heavy atom. The van der Waals surface area contributed by atoms with Crippen molar-refractivity contribution in [3.63, 3.8) is 0 Å². The first-order chi connectivity index (χ1) is 9.10. The molecular weight excluding hydrogens is 247 g/mol. The number of nitrogens with zero attached hydrogens (tertiary/aromatic N) is 2. The van der Waals surface area contributed by atoms with Crippen LogP contribution in [0.2, 0.25) is 0 Å². The van der Waals surface area contributed by atoms with E-state index in [1.165, 1.54) is 13.2 Å². The van der Waals surface area contributed by atoms with Crippen molar-refractivity contribution in [1.29, 1.82) is 5.26 Å². The minimum absolute atomic E-state index is 0.356. The molecule has 5 heteroatoms. The highest BCUT2D eigenvalue weighted by Gasteiger charge is 2.44. The number of nitriles is 1. The van der Waals surface area contributed by atoms with Crippen LogP contribution in [0.4, 0.5) is 4.39 Å². The number of benzene rings is 1. The molecule has 1 aromatic carbocycles. The molecule has 19 heavy (non-hydrogen) atoms. The number of methoxy groups -OCH3 is 1. The zero-order valence-corrected chi connectivity index (χ0v) is 10.8. The van der Waals surface area contributed by atoms with Gasteiger partial charge >= 0.3 is 5.97 Å². The van der Waals surface area contributed by atoms with Crippen LogP contribution in [0.3, 0.4) is 0 Å². The Morgan fingerprint density at radius 2 is 2.21 bits per heavy atom. The molecule has 0 amide bonds. The number of likely N-dealkylation sites (tertiary alicyclic amines) is 1. The third-order valence-corrected chi connectivity index (χ3v) is 3.65. The van der Waals surface area contributed by atoms with Crippen LogP contribution in [-0.4, -0.2) is 31.1 Å². The Kier molecular flexibility index (Phi) is 3.82. The maximum Gasteiger partial charge on any atom is 0.323 e. The van der Waals surface area contributed by atoms with E-state index in [1.54, 1.807) is 30.1 Å². The summed E-state index contributed by atoms with van der Waals surface area (Å²) in [5.74, 6) is -1.17. The van der Waals surface area contributed by atoms with Crippen LogP contribution in [-0.2, 0) is 9.53 Å². The van der Waals surface area contributed by atoms with Gasteiger partial charge in [0.15, 0.2) is 0 Å². The van der Waals surface area contributed by atoms with Crippen molar-refractivity contribution in [2.75, 3.05) is 14.2 Å². The number of carbonyl (C=O) groups excluding carboxylic acids is 1. The van der Waals surface area contributed by atoms with Crippen molar-refractivity contribution in [3.05, 3.63) is 35.6 Å². The Morgan fingerprint density at radius 3 is 2.79 bits per heavy atom. The number of carbonyl (C=O) groups is 1. The van der Waals surface area contributed by atoms with Crippen LogP contribution in [0.25, 0.3) is 0 Å². The molecule has 0 aliphatic carbocycles. The van der Waals surface area contributed by atoms with E-state index >= 15 is 0 Å². The second-order valence-corrected chi connectivity index (χ2v) is 4.64. The van der Waals surface area contributed by atoms with Crippen molar-refractivity contribution in [2.45, 2.75) is 18.5 Å². The zero-order valence-electron chi connectivity index (χ0n) is 10.8. The van der Waals surface area contributed by atoms with Gasteiger partial charge in [-0.05, 0) is 19.5 Å². The van der Waals surface area contributed by atoms with Gasteiger partial charge in [-0.25, -0.2) is 4.39 Å². The second-order valence-electron chi connectivity index (χ2n) is 4.64. The highest BCUT2D eigenvalue weighted by atomic mass is 19.1. The minimum atomic E-state index is -0.501. The highest BCUT2D eigenvalue weighted by Crippen LogP contribution is 2.40. The predicted molar refractivity (Wildman–Crippen MR) is 66.4 cm³/mol. The molecule has 3 atom stereocenters. The summed E-state index contributed by atoms with van der Waals surface area (Å²) in [6, 6.07) is 7.59. The monoisotopic (exact) mass is 262 g/mol. The molecule has 0 spiro atoms. The second kappa shape index (κ2) is 5.37. The van der Waals surface area contributed by atoms with Crippen molar-refractivity contribution in [2.24, 2.45) is 5.92 Å². The van der Waals surface area contributed by atoms with Gasteiger partial charge in [0.25, 0.3) is 0 Å². The smallest absolute Gasteiger partial charge is 0.323 e. The first-order valence-electron chi connectivity index (χ1n) is 6.04. The van der Waals surface area contributed by atoms with Gasteiger partial charge in [0.2, 0.25) is 0 Å². The van der Waals surface area contributed by atoms with E-state index in [1.807, 2.05) is 0 Å². The van der Waals surface area contributed by atoms with Crippen molar-refractivity contribution in [3.8, 4) is 6.07 Å². The lowest BCUT2D eigenvalue weighted by molar-refractivity contribution is -0.145. The first-order valence-corrected chi connectivity index (χ1v) is 6.04. The lowest BCUT2D eigenvalue weighted by atomic mass is 9.94. The highest BCUT2D eigenvalue weighted by molar-refractivity contribution is 5.76. The van der Waals surface area contributed by atoms with Crippen LogP contribution in [0.5, 0.6) is 0 Å². The summed E-state index contributed by atoms with van der Waals surface area (Å²) in [6.45, 7) is 0. The molecule has 100 valence electrons. The minimum Gasteiger partial charge on any atom is -0.468 e. The molecule has 1 aliphatic rings. The number of esters is 1. The summed E-state index contributed by atoms with van der Waals surface area (Å²) in [7, 11) is 3.03. The summed E-state index contributed by atoms with van der Waals surface area (Å²) in [5, 5.41) is 9.23. The van der Waals surface area contributed by atoms with Gasteiger partial charge in [0.05, 0.1) is 25.1 Å². The van der Waals surface area contributed by atoms with E-state index < -0.39 is 18.0 Å². The molecule has 2 rings (SSSR count). The van der Waals surface area contributed by atoms with E-state index in [0.717, 1.165) is 0 Å². The fourth-order valence-electron chi connectivity index (χ4n) is 2.69. The number of halogens is 1. The van der Waals surface area contributed by atoms with Crippen molar-refractivity contribution in [1.82, 2.24) is 4.90 Å². The number of rotatable bonds is 2. The van der Waals surface area contributed by atoms with Crippen LogP contribution in [0.15, 0.2) is 24.3 Å². The van der Waals surface area contributed by atoms with Gasteiger partial charge in [-0.3, -0.25) is 9.69 Å². The molecule has 0 unspecified atom stereocenters. The van der Waals surface area contributed by atoms with E-state index in [4.69, 9.17) is 4.74 Å². The fraction of sp³-hybridized carbons (Fsp3) is 0.429. The van der Waals surface area contributed by atoms with Crippen LogP contribution < -0.4 is 0 Å². The normalized spacial score (nSPS) is 26.9. The molecule has 0 radical (unpaired) electrons. The van der Waals surface area contributed by atoms with E-state index in [-0.39, 0.29) is 11.8 Å². The Hall–Kier alpha value is -1.93. The summed E-state index contributed by atoms with van der Waals surface area (Å²) in [4.78, 5) is 13.4. The van der Waals surface area contributed by atoms with Crippen molar-refractivity contribution >= 4 is 5.97 Å². The molecule has 0 saturated carbocycles. The molecule has 0 N–H and O–H groups in total. The molecule has 0 bridgehead atoms. The van der Waals surface area contributed by atoms with Gasteiger partial charge in [-0.15, -0.1) is 0 Å². The molecule has 1 fully saturated rings. The Bertz CT molecular complexity index is 526. The molecule has 0 aromatic heterocycles. The van der Waals surface area contributed by atoms with E-state index in [9.17, 15) is 14.4 Å². The third-order valence-electron chi connectivity index (χ3n) is 3.65. The number of ether oxygens (including phenoxy) is 1. The number of hydrogen-bond acceptors (Lipinski definition) is 4. The molecular formula is C14H15FN2O2. The van der Waals surface area contributed by atoms with Crippen LogP contribution in [0, 0.1) is 23.1 Å². The van der Waals surface area contributed by atoms with Gasteiger partial charge in [-0.2, -0.15) is 5.26 Å². The summed E-state index contributed by atoms with van der Waals surface area (Å²) < 4.78 is 18.6. The molecule has 4 nitrogen and oxygen atoms in total. The van der Waals surface area contributed by atoms with Crippen molar-refractivity contribution < 1.29 is 13.9 Å². The van der Waals surface area contributed by atoms with Gasteiger partial charge in [-0.1, -0.05) is 18.2 Å². The van der Waals surface area contributed by atoms with E-state index in [2.05, 4.69) is 6.07 Å². The average molecular weight is 262 g/mol. The number of likely N-dealkylation sites (N-methyl/N-ethyl adjacent to an activating group) is 1. The number of hydrogen-bond donors (Lipinski definition) is 0. The molecule has 1 heterocycles. The quantitative estimate of drug-likeness (QED) is 0.764. The Labute approximate surface area is 111 Å². The maximum atomic E-state index is 13.9. The standard InChI is InChI=1S/C14H15FN2O2/c1-17-12(14(18)19-2)7-9(8-16)13(17)10-5-3-4-6-11(10)15/h3-6,9,12-13H,7H2,1-2H3/t9-,12+,13-/m1/s1. The average Bonchev–Trinajstić information content (AvgIpc) is 2.75. The third kappa shape index (κ3) is 2.32. The molecule has 1 aliphatic heterocycles. The largest absolute Gasteiger partial charge is 0.468 e. The molecule has 1 saturated heterocycles. The van der Waals surface area contributed by atoms with Crippen LogP contribution in [0.1, 0.15) is 18.0 Å². The zero-order chi connectivity index (χ0) is 14.0. The summed E-state index contributed by atoms with van der Waals surface area (Å²) >= 11 is 0. The predicted octanol–water partition coefficient (Wildman–Crippen LogP) is 1.88. The lowest BCUT2D eigenvalue weighted by Gasteiger charge is -2.25. The topological polar surface area (TPSA) is 53.3 Å². The maximum absolute atomic E-state index is 13.9. The van der Waals surface area contributed by atoms with Crippen LogP contribution >= 0.6 is 0 Å². The fourth-order valence-corrected chi connectivity index (χ4v) is 2.69. The summed E-state index contributed by atoms with van der Waals surface area (Å²) in [5.41, 5.74) is 0.447. The first kappa shape index (κ1) is 13.5. The summed E-state index contributed by atoms with van der Waals surface area (Å²) in [6.07, 6.45) is 0.360. The van der Waals surface area contributed by atoms with Gasteiger partial charge in [0.1, 0.15) is 11.9 Å². The van der Waals surface area contributed by atoms with E-state index in [0.29, 0.717) is 12.0 Å². The Balaban J connectivity index is 2.37. The molecule has 1 aromatic rings. The van der Waals surface area contributed by atoms with Gasteiger partial charge in [0, 0.05) is 5.56 Å². The van der Waals surface area contributed by atoms with Gasteiger partial charge < -0.3 is 4.74 Å².